The third-order valence-electron chi connectivity index (χ3n) is 5.68. The molecule has 0 bridgehead atoms. The number of hydrogen-bond acceptors (Lipinski definition) is 4. The van der Waals surface area contributed by atoms with Gasteiger partial charge in [-0.3, -0.25) is 0 Å². The highest BCUT2D eigenvalue weighted by molar-refractivity contribution is 7.89. The molecule has 7 heteroatoms. The van der Waals surface area contributed by atoms with E-state index in [1.165, 1.54) is 10.4 Å². The number of nitrogen functional groups attached to an aromatic ring is 1. The van der Waals surface area contributed by atoms with Gasteiger partial charge in [0.15, 0.2) is 0 Å². The molecule has 0 aliphatic heterocycles. The molecule has 0 spiro atoms. The Labute approximate surface area is 205 Å². The van der Waals surface area contributed by atoms with Crippen LogP contribution in [0.2, 0.25) is 5.04 Å². The van der Waals surface area contributed by atoms with E-state index >= 15 is 0 Å². The van der Waals surface area contributed by atoms with Crippen LogP contribution < -0.4 is 20.8 Å². The van der Waals surface area contributed by atoms with Gasteiger partial charge in [-0.2, -0.15) is 0 Å². The third kappa shape index (κ3) is 5.60. The maximum Gasteiger partial charge on any atom is 0.261 e. The van der Waals surface area contributed by atoms with E-state index < -0.39 is 23.9 Å². The van der Waals surface area contributed by atoms with Crippen molar-refractivity contribution < 1.29 is 12.8 Å². The molecule has 182 valence electrons. The number of sulfonamides is 1. The summed E-state index contributed by atoms with van der Waals surface area (Å²) in [7, 11) is -6.52. The molecule has 0 heterocycles. The highest BCUT2D eigenvalue weighted by Gasteiger charge is 2.50. The summed E-state index contributed by atoms with van der Waals surface area (Å²) in [5.41, 5.74) is 6.43. The Kier molecular flexibility index (Phi) is 7.43. The second-order valence-corrected chi connectivity index (χ2v) is 16.6. The molecule has 3 aromatic rings. The molecule has 0 unspecified atom stereocenters. The fourth-order valence-electron chi connectivity index (χ4n) is 4.31. The molecule has 0 radical (unpaired) electrons. The molecule has 0 saturated carbocycles. The topological polar surface area (TPSA) is 81.4 Å². The van der Waals surface area contributed by atoms with Gasteiger partial charge in [0.25, 0.3) is 8.32 Å². The Morgan fingerprint density at radius 2 is 1.32 bits per heavy atom. The summed E-state index contributed by atoms with van der Waals surface area (Å²) in [6.07, 6.45) is 0. The van der Waals surface area contributed by atoms with Crippen molar-refractivity contribution in [3.05, 3.63) is 84.4 Å². The highest BCUT2D eigenvalue weighted by atomic mass is 32.2. The van der Waals surface area contributed by atoms with E-state index in [4.69, 9.17) is 10.2 Å². The van der Waals surface area contributed by atoms with Crippen LogP contribution in [0.5, 0.6) is 0 Å². The van der Waals surface area contributed by atoms with Gasteiger partial charge in [-0.25, -0.2) is 13.1 Å². The molecule has 5 nitrogen and oxygen atoms in total. The van der Waals surface area contributed by atoms with Crippen molar-refractivity contribution in [1.82, 2.24) is 4.72 Å². The Balaban J connectivity index is 2.07. The van der Waals surface area contributed by atoms with Gasteiger partial charge in [-0.15, -0.1) is 0 Å². The van der Waals surface area contributed by atoms with Gasteiger partial charge in [-0.1, -0.05) is 87.5 Å². The Bertz CT molecular complexity index is 1180. The first-order valence-electron chi connectivity index (χ1n) is 11.4. The van der Waals surface area contributed by atoms with Gasteiger partial charge in [0, 0.05) is 5.54 Å². The first-order valence-corrected chi connectivity index (χ1v) is 14.8. The van der Waals surface area contributed by atoms with Crippen molar-refractivity contribution in [1.29, 1.82) is 0 Å². The number of rotatable bonds is 7. The predicted molar refractivity (Wildman–Crippen MR) is 143 cm³/mol. The smallest absolute Gasteiger partial charge is 0.261 e. The largest absolute Gasteiger partial charge is 0.403 e. The van der Waals surface area contributed by atoms with Gasteiger partial charge < -0.3 is 10.2 Å². The Hall–Kier alpha value is -2.45. The lowest BCUT2D eigenvalue weighted by atomic mass is 10.1. The number of anilines is 1. The summed E-state index contributed by atoms with van der Waals surface area (Å²) >= 11 is 0. The predicted octanol–water partition coefficient (Wildman–Crippen LogP) is 4.42. The molecular formula is C27H36N2O3SSi. The minimum absolute atomic E-state index is 0.0750. The SMILES string of the molecule is CC(C)(C)NS(=O)(=O)c1cc(CO[Si](c2ccccc2)(c2ccccc2)C(C)(C)C)ccc1N. The zero-order chi connectivity index (χ0) is 25.2. The van der Waals surface area contributed by atoms with Crippen LogP contribution in [-0.4, -0.2) is 22.3 Å². The molecule has 3 aromatic carbocycles. The summed E-state index contributed by atoms with van der Waals surface area (Å²) in [6, 6.07) is 25.8. The lowest BCUT2D eigenvalue weighted by Gasteiger charge is -2.43. The second kappa shape index (κ2) is 9.66. The molecule has 0 saturated heterocycles. The summed E-state index contributed by atoms with van der Waals surface area (Å²) in [5, 5.41) is 2.17. The summed E-state index contributed by atoms with van der Waals surface area (Å²) in [5.74, 6) is 0. The fraction of sp³-hybridized carbons (Fsp3) is 0.333. The average molecular weight is 497 g/mol. The minimum Gasteiger partial charge on any atom is -0.403 e. The van der Waals surface area contributed by atoms with Crippen LogP contribution in [0.3, 0.4) is 0 Å². The molecule has 0 fully saturated rings. The zero-order valence-corrected chi connectivity index (χ0v) is 22.7. The van der Waals surface area contributed by atoms with Crippen molar-refractivity contribution in [2.24, 2.45) is 0 Å². The molecule has 0 aliphatic carbocycles. The standard InChI is InChI=1S/C27H36N2O3SSi/c1-26(2,3)29-33(30,31)25-19-21(17-18-24(25)28)20-32-34(27(4,5)6,22-13-9-7-10-14-22)23-15-11-8-12-16-23/h7-19,29H,20,28H2,1-6H3. The van der Waals surface area contributed by atoms with Crippen LogP contribution in [0.4, 0.5) is 5.69 Å². The van der Waals surface area contributed by atoms with Crippen molar-refractivity contribution in [2.75, 3.05) is 5.73 Å². The van der Waals surface area contributed by atoms with E-state index in [1.807, 2.05) is 42.5 Å². The molecule has 34 heavy (non-hydrogen) atoms. The number of benzene rings is 3. The number of nitrogens with two attached hydrogens (primary N) is 1. The first-order chi connectivity index (χ1) is 15.8. The lowest BCUT2D eigenvalue weighted by molar-refractivity contribution is 0.286. The molecular weight excluding hydrogens is 460 g/mol. The molecule has 0 aliphatic rings. The summed E-state index contributed by atoms with van der Waals surface area (Å²) in [6.45, 7) is 12.3. The van der Waals surface area contributed by atoms with E-state index in [0.29, 0.717) is 0 Å². The molecule has 0 aromatic heterocycles. The molecule has 3 rings (SSSR count). The van der Waals surface area contributed by atoms with Crippen molar-refractivity contribution in [3.63, 3.8) is 0 Å². The summed E-state index contributed by atoms with van der Waals surface area (Å²) < 4.78 is 35.6. The lowest BCUT2D eigenvalue weighted by Crippen LogP contribution is -2.66. The third-order valence-corrected chi connectivity index (χ3v) is 12.5. The van der Waals surface area contributed by atoms with E-state index in [2.05, 4.69) is 49.8 Å². The highest BCUT2D eigenvalue weighted by Crippen LogP contribution is 2.37. The van der Waals surface area contributed by atoms with Gasteiger partial charge in [0.1, 0.15) is 4.90 Å². The van der Waals surface area contributed by atoms with Crippen LogP contribution in [0, 0.1) is 0 Å². The maximum atomic E-state index is 13.0. The van der Waals surface area contributed by atoms with E-state index in [1.54, 1.807) is 32.9 Å². The number of nitrogens with one attached hydrogen (secondary N) is 1. The normalized spacial score (nSPS) is 13.1. The van der Waals surface area contributed by atoms with Gasteiger partial charge in [0.2, 0.25) is 10.0 Å². The monoisotopic (exact) mass is 496 g/mol. The van der Waals surface area contributed by atoms with Crippen molar-refractivity contribution in [2.45, 2.75) is 63.6 Å². The Morgan fingerprint density at radius 3 is 1.76 bits per heavy atom. The molecule has 0 amide bonds. The average Bonchev–Trinajstić information content (AvgIpc) is 2.74. The fourth-order valence-corrected chi connectivity index (χ4v) is 10.5. The van der Waals surface area contributed by atoms with Gasteiger partial charge >= 0.3 is 0 Å². The van der Waals surface area contributed by atoms with Crippen LogP contribution in [0.25, 0.3) is 0 Å². The van der Waals surface area contributed by atoms with Crippen LogP contribution in [-0.2, 0) is 21.1 Å². The zero-order valence-electron chi connectivity index (χ0n) is 20.9. The van der Waals surface area contributed by atoms with E-state index in [-0.39, 0.29) is 22.2 Å². The van der Waals surface area contributed by atoms with Crippen LogP contribution in [0.1, 0.15) is 47.1 Å². The summed E-state index contributed by atoms with van der Waals surface area (Å²) in [4.78, 5) is 0.0750. The number of hydrogen-bond donors (Lipinski definition) is 2. The van der Waals surface area contributed by atoms with Gasteiger partial charge in [0.05, 0.1) is 12.3 Å². The Morgan fingerprint density at radius 1 is 0.824 bits per heavy atom. The van der Waals surface area contributed by atoms with Crippen LogP contribution in [0.15, 0.2) is 83.8 Å². The maximum absolute atomic E-state index is 13.0. The van der Waals surface area contributed by atoms with E-state index in [0.717, 1.165) is 5.56 Å². The molecule has 3 N–H and O–H groups in total. The van der Waals surface area contributed by atoms with Crippen molar-refractivity contribution >= 4 is 34.4 Å². The second-order valence-electron chi connectivity index (χ2n) is 10.7. The minimum atomic E-state index is -3.78. The van der Waals surface area contributed by atoms with Crippen molar-refractivity contribution in [3.8, 4) is 0 Å². The quantitative estimate of drug-likeness (QED) is 0.375. The van der Waals surface area contributed by atoms with Gasteiger partial charge in [-0.05, 0) is 53.9 Å². The first kappa shape index (κ1) is 26.2. The molecule has 0 atom stereocenters. The van der Waals surface area contributed by atoms with E-state index in [9.17, 15) is 8.42 Å². The van der Waals surface area contributed by atoms with Crippen LogP contribution >= 0.6 is 0 Å².